The van der Waals surface area contributed by atoms with Gasteiger partial charge in [-0.3, -0.25) is 0 Å². The van der Waals surface area contributed by atoms with Gasteiger partial charge in [-0.25, -0.2) is 0 Å². The van der Waals surface area contributed by atoms with Crippen molar-refractivity contribution in [1.29, 1.82) is 0 Å². The summed E-state index contributed by atoms with van der Waals surface area (Å²) in [6.45, 7) is 6.70. The average molecular weight is 196 g/mol. The second kappa shape index (κ2) is 4.65. The van der Waals surface area contributed by atoms with Crippen LogP contribution in [0.25, 0.3) is 0 Å². The number of rotatable bonds is 4. The number of aryl methyl sites for hydroxylation is 1. The van der Waals surface area contributed by atoms with Gasteiger partial charge in [0.05, 0.1) is 0 Å². The van der Waals surface area contributed by atoms with Gasteiger partial charge in [0, 0.05) is 18.4 Å². The zero-order valence-corrected chi connectivity index (χ0v) is 9.34. The van der Waals surface area contributed by atoms with E-state index in [-0.39, 0.29) is 12.0 Å². The number of hydrogen-bond donors (Lipinski definition) is 1. The lowest BCUT2D eigenvalue weighted by molar-refractivity contribution is 0.282. The Hall–Kier alpha value is -0.760. The van der Waals surface area contributed by atoms with Crippen molar-refractivity contribution in [3.05, 3.63) is 23.7 Å². The molecule has 0 aliphatic carbocycles. The lowest BCUT2D eigenvalue weighted by atomic mass is 9.94. The summed E-state index contributed by atoms with van der Waals surface area (Å²) in [5.74, 6) is 2.07. The highest BCUT2D eigenvalue weighted by Gasteiger charge is 2.17. The molecule has 1 aromatic rings. The van der Waals surface area contributed by atoms with E-state index in [0.717, 1.165) is 30.8 Å². The van der Waals surface area contributed by atoms with E-state index >= 15 is 0 Å². The van der Waals surface area contributed by atoms with Gasteiger partial charge < -0.3 is 9.52 Å². The molecule has 0 aromatic carbocycles. The Morgan fingerprint density at radius 3 is 2.43 bits per heavy atom. The van der Waals surface area contributed by atoms with Gasteiger partial charge in [-0.1, -0.05) is 20.8 Å². The van der Waals surface area contributed by atoms with Crippen LogP contribution in [-0.4, -0.2) is 11.7 Å². The molecular formula is C12H20O2. The van der Waals surface area contributed by atoms with E-state index < -0.39 is 0 Å². The molecule has 2 heteroatoms. The van der Waals surface area contributed by atoms with Crippen molar-refractivity contribution in [2.75, 3.05) is 6.61 Å². The van der Waals surface area contributed by atoms with Crippen LogP contribution in [0.3, 0.4) is 0 Å². The van der Waals surface area contributed by atoms with Crippen LogP contribution >= 0.6 is 0 Å². The molecule has 0 unspecified atom stereocenters. The number of aliphatic hydroxyl groups excluding tert-OH is 1. The molecule has 0 aliphatic heterocycles. The molecule has 0 aliphatic rings. The van der Waals surface area contributed by atoms with E-state index in [0.29, 0.717) is 0 Å². The van der Waals surface area contributed by atoms with Gasteiger partial charge >= 0.3 is 0 Å². The Kier molecular flexibility index (Phi) is 3.76. The van der Waals surface area contributed by atoms with Crippen LogP contribution in [0.4, 0.5) is 0 Å². The second-order valence-corrected chi connectivity index (χ2v) is 4.70. The lowest BCUT2D eigenvalue weighted by Gasteiger charge is -2.14. The Morgan fingerprint density at radius 2 is 1.93 bits per heavy atom. The van der Waals surface area contributed by atoms with Gasteiger partial charge in [0.1, 0.15) is 11.5 Å². The van der Waals surface area contributed by atoms with E-state index in [4.69, 9.17) is 9.52 Å². The first-order chi connectivity index (χ1) is 6.54. The van der Waals surface area contributed by atoms with Crippen LogP contribution in [0.2, 0.25) is 0 Å². The first kappa shape index (κ1) is 11.3. The molecule has 0 radical (unpaired) electrons. The van der Waals surface area contributed by atoms with Crippen molar-refractivity contribution in [3.63, 3.8) is 0 Å². The van der Waals surface area contributed by atoms with Gasteiger partial charge in [-0.15, -0.1) is 0 Å². The number of hydrogen-bond acceptors (Lipinski definition) is 2. The van der Waals surface area contributed by atoms with Crippen LogP contribution in [0.15, 0.2) is 16.5 Å². The molecule has 0 atom stereocenters. The minimum absolute atomic E-state index is 0.0925. The SMILES string of the molecule is CC(C)(C)c1ccc(CCCCO)o1. The third-order valence-electron chi connectivity index (χ3n) is 2.23. The van der Waals surface area contributed by atoms with Crippen molar-refractivity contribution in [2.45, 2.75) is 45.4 Å². The van der Waals surface area contributed by atoms with E-state index in [1.54, 1.807) is 0 Å². The molecule has 0 bridgehead atoms. The zero-order chi connectivity index (χ0) is 10.6. The summed E-state index contributed by atoms with van der Waals surface area (Å²) in [6.07, 6.45) is 2.77. The molecular weight excluding hydrogens is 176 g/mol. The smallest absolute Gasteiger partial charge is 0.109 e. The van der Waals surface area contributed by atoms with Crippen LogP contribution in [0.5, 0.6) is 0 Å². The Morgan fingerprint density at radius 1 is 1.21 bits per heavy atom. The topological polar surface area (TPSA) is 33.4 Å². The summed E-state index contributed by atoms with van der Waals surface area (Å²) >= 11 is 0. The quantitative estimate of drug-likeness (QED) is 0.751. The van der Waals surface area contributed by atoms with Crippen molar-refractivity contribution >= 4 is 0 Å². The van der Waals surface area contributed by atoms with Crippen molar-refractivity contribution in [1.82, 2.24) is 0 Å². The molecule has 0 amide bonds. The Bertz CT molecular complexity index is 268. The summed E-state index contributed by atoms with van der Waals surface area (Å²) in [7, 11) is 0. The molecule has 0 saturated carbocycles. The maximum absolute atomic E-state index is 8.65. The molecule has 80 valence electrons. The summed E-state index contributed by atoms with van der Waals surface area (Å²) in [5.41, 5.74) is 0.0925. The standard InChI is InChI=1S/C12H20O2/c1-12(2,3)11-8-7-10(14-11)6-4-5-9-13/h7-8,13H,4-6,9H2,1-3H3. The molecule has 14 heavy (non-hydrogen) atoms. The van der Waals surface area contributed by atoms with Crippen molar-refractivity contribution in [2.24, 2.45) is 0 Å². The molecule has 1 rings (SSSR count). The predicted octanol–water partition coefficient (Wildman–Crippen LogP) is 2.89. The van der Waals surface area contributed by atoms with Crippen molar-refractivity contribution < 1.29 is 9.52 Å². The van der Waals surface area contributed by atoms with Gasteiger partial charge in [-0.05, 0) is 25.0 Å². The fraction of sp³-hybridized carbons (Fsp3) is 0.667. The van der Waals surface area contributed by atoms with Crippen LogP contribution in [0.1, 0.15) is 45.1 Å². The van der Waals surface area contributed by atoms with E-state index in [2.05, 4.69) is 20.8 Å². The number of aliphatic hydroxyl groups is 1. The van der Waals surface area contributed by atoms with Crippen LogP contribution in [-0.2, 0) is 11.8 Å². The fourth-order valence-electron chi connectivity index (χ4n) is 1.33. The molecule has 1 aromatic heterocycles. The maximum atomic E-state index is 8.65. The highest BCUT2D eigenvalue weighted by Crippen LogP contribution is 2.24. The minimum Gasteiger partial charge on any atom is -0.466 e. The molecule has 1 heterocycles. The molecule has 0 fully saturated rings. The van der Waals surface area contributed by atoms with E-state index in [1.807, 2.05) is 12.1 Å². The monoisotopic (exact) mass is 196 g/mol. The third kappa shape index (κ3) is 3.18. The summed E-state index contributed by atoms with van der Waals surface area (Å²) in [6, 6.07) is 4.09. The predicted molar refractivity (Wildman–Crippen MR) is 57.4 cm³/mol. The van der Waals surface area contributed by atoms with Gasteiger partial charge in [-0.2, -0.15) is 0 Å². The summed E-state index contributed by atoms with van der Waals surface area (Å²) in [5, 5.41) is 8.65. The largest absolute Gasteiger partial charge is 0.466 e. The first-order valence-electron chi connectivity index (χ1n) is 5.24. The molecule has 0 saturated heterocycles. The fourth-order valence-corrected chi connectivity index (χ4v) is 1.33. The highest BCUT2D eigenvalue weighted by atomic mass is 16.3. The van der Waals surface area contributed by atoms with Gasteiger partial charge in [0.25, 0.3) is 0 Å². The number of unbranched alkanes of at least 4 members (excludes halogenated alkanes) is 1. The zero-order valence-electron chi connectivity index (χ0n) is 9.34. The second-order valence-electron chi connectivity index (χ2n) is 4.70. The summed E-state index contributed by atoms with van der Waals surface area (Å²) < 4.78 is 5.71. The van der Waals surface area contributed by atoms with Crippen LogP contribution < -0.4 is 0 Å². The molecule has 0 spiro atoms. The maximum Gasteiger partial charge on any atom is 0.109 e. The average Bonchev–Trinajstić information content (AvgIpc) is 2.52. The Balaban J connectivity index is 2.51. The Labute approximate surface area is 85.9 Å². The third-order valence-corrected chi connectivity index (χ3v) is 2.23. The lowest BCUT2D eigenvalue weighted by Crippen LogP contribution is -2.09. The van der Waals surface area contributed by atoms with E-state index in [1.165, 1.54) is 0 Å². The van der Waals surface area contributed by atoms with E-state index in [9.17, 15) is 0 Å². The first-order valence-corrected chi connectivity index (χ1v) is 5.24. The number of furan rings is 1. The molecule has 1 N–H and O–H groups in total. The van der Waals surface area contributed by atoms with Crippen LogP contribution in [0, 0.1) is 0 Å². The van der Waals surface area contributed by atoms with Gasteiger partial charge in [0.15, 0.2) is 0 Å². The van der Waals surface area contributed by atoms with Crippen molar-refractivity contribution in [3.8, 4) is 0 Å². The minimum atomic E-state index is 0.0925. The normalized spacial score (nSPS) is 12.0. The summed E-state index contributed by atoms with van der Waals surface area (Å²) in [4.78, 5) is 0. The van der Waals surface area contributed by atoms with Gasteiger partial charge in [0.2, 0.25) is 0 Å². The highest BCUT2D eigenvalue weighted by molar-refractivity contribution is 5.14. The molecule has 2 nitrogen and oxygen atoms in total.